The lowest BCUT2D eigenvalue weighted by molar-refractivity contribution is -0.190. The number of hydroxylamine groups is 1. The van der Waals surface area contributed by atoms with Gasteiger partial charge in [0.25, 0.3) is 5.91 Å². The number of anilines is 1. The molecule has 0 radical (unpaired) electrons. The number of aryl methyl sites for hydroxylation is 1. The zero-order valence-electron chi connectivity index (χ0n) is 13.5. The van der Waals surface area contributed by atoms with E-state index in [2.05, 4.69) is 32.7 Å². The molecule has 7 nitrogen and oxygen atoms in total. The first-order chi connectivity index (χ1) is 10.4. The van der Waals surface area contributed by atoms with Crippen molar-refractivity contribution in [2.24, 2.45) is 10.9 Å². The van der Waals surface area contributed by atoms with Crippen molar-refractivity contribution in [3.8, 4) is 0 Å². The molecule has 2 atom stereocenters. The molecule has 2 unspecified atom stereocenters. The summed E-state index contributed by atoms with van der Waals surface area (Å²) in [7, 11) is 0. The van der Waals surface area contributed by atoms with Crippen LogP contribution in [-0.4, -0.2) is 32.9 Å². The molecule has 1 aliphatic carbocycles. The highest BCUT2D eigenvalue weighted by molar-refractivity contribution is 5.96. The van der Waals surface area contributed by atoms with Gasteiger partial charge in [0.15, 0.2) is 11.7 Å². The summed E-state index contributed by atoms with van der Waals surface area (Å²) in [6, 6.07) is 0.382. The topological polar surface area (TPSA) is 91.7 Å². The highest BCUT2D eigenvalue weighted by atomic mass is 16.8. The standard InChI is InChI=1S/C15H23N5O2/c1-8-9(2)16-13(14-19-15(4,21)22-20-14)18-12(8)17-10(3)11-6-5-7-11/h10-11,21H,5-7H2,1-4H3,(H,19,20)(H,16,17,18). The van der Waals surface area contributed by atoms with E-state index in [1.165, 1.54) is 26.2 Å². The molecule has 2 heterocycles. The van der Waals surface area contributed by atoms with Gasteiger partial charge in [-0.3, -0.25) is 0 Å². The number of aliphatic imine (C=N–C) groups is 1. The molecule has 7 heteroatoms. The van der Waals surface area contributed by atoms with Crippen molar-refractivity contribution in [3.63, 3.8) is 0 Å². The summed E-state index contributed by atoms with van der Waals surface area (Å²) in [6.45, 7) is 7.59. The lowest BCUT2D eigenvalue weighted by Crippen LogP contribution is -2.32. The van der Waals surface area contributed by atoms with Crippen LogP contribution in [0.4, 0.5) is 5.82 Å². The van der Waals surface area contributed by atoms with Crippen LogP contribution in [0.1, 0.15) is 50.2 Å². The average molecular weight is 305 g/mol. The van der Waals surface area contributed by atoms with Crippen LogP contribution in [0.5, 0.6) is 0 Å². The fraction of sp³-hybridized carbons (Fsp3) is 0.667. The number of hydrogen-bond acceptors (Lipinski definition) is 7. The number of nitrogens with one attached hydrogen (secondary N) is 2. The zero-order chi connectivity index (χ0) is 15.9. The summed E-state index contributed by atoms with van der Waals surface area (Å²) in [5, 5.41) is 13.2. The van der Waals surface area contributed by atoms with Crippen LogP contribution in [0, 0.1) is 19.8 Å². The first kappa shape index (κ1) is 15.2. The Morgan fingerprint density at radius 3 is 2.64 bits per heavy atom. The van der Waals surface area contributed by atoms with Gasteiger partial charge >= 0.3 is 0 Å². The van der Waals surface area contributed by atoms with E-state index < -0.39 is 5.91 Å². The molecule has 120 valence electrons. The molecule has 1 saturated carbocycles. The minimum atomic E-state index is -1.58. The van der Waals surface area contributed by atoms with Gasteiger partial charge < -0.3 is 10.4 Å². The van der Waals surface area contributed by atoms with Crippen LogP contribution in [-0.2, 0) is 4.84 Å². The Morgan fingerprint density at radius 2 is 2.09 bits per heavy atom. The van der Waals surface area contributed by atoms with Crippen LogP contribution >= 0.6 is 0 Å². The van der Waals surface area contributed by atoms with Gasteiger partial charge in [-0.15, -0.1) is 0 Å². The second kappa shape index (κ2) is 5.48. The van der Waals surface area contributed by atoms with E-state index >= 15 is 0 Å². The molecule has 1 fully saturated rings. The maximum absolute atomic E-state index is 9.73. The molecule has 3 N–H and O–H groups in total. The molecule has 0 aromatic carbocycles. The molecule has 1 aliphatic heterocycles. The molecule has 22 heavy (non-hydrogen) atoms. The third-order valence-electron chi connectivity index (χ3n) is 4.48. The molecule has 0 saturated heterocycles. The average Bonchev–Trinajstić information content (AvgIpc) is 2.73. The number of nitrogens with zero attached hydrogens (tertiary/aromatic N) is 3. The molecular formula is C15H23N5O2. The number of hydrogen-bond donors (Lipinski definition) is 3. The molecule has 1 aromatic heterocycles. The highest BCUT2D eigenvalue weighted by Gasteiger charge is 2.31. The Balaban J connectivity index is 1.87. The molecule has 2 aliphatic rings. The van der Waals surface area contributed by atoms with Crippen molar-refractivity contribution in [1.82, 2.24) is 15.4 Å². The maximum atomic E-state index is 9.73. The molecule has 0 amide bonds. The van der Waals surface area contributed by atoms with Crippen LogP contribution < -0.4 is 10.8 Å². The summed E-state index contributed by atoms with van der Waals surface area (Å²) in [5.74, 6) is 0.711. The highest BCUT2D eigenvalue weighted by Crippen LogP contribution is 2.31. The van der Waals surface area contributed by atoms with E-state index in [-0.39, 0.29) is 0 Å². The van der Waals surface area contributed by atoms with Crippen molar-refractivity contribution in [2.45, 2.75) is 58.9 Å². The fourth-order valence-electron chi connectivity index (χ4n) is 2.64. The first-order valence-corrected chi connectivity index (χ1v) is 7.74. The normalized spacial score (nSPS) is 26.1. The van der Waals surface area contributed by atoms with Gasteiger partial charge in [0.05, 0.1) is 0 Å². The lowest BCUT2D eigenvalue weighted by atomic mass is 9.80. The van der Waals surface area contributed by atoms with Crippen molar-refractivity contribution in [2.75, 3.05) is 5.32 Å². The number of aromatic nitrogens is 2. The summed E-state index contributed by atoms with van der Waals surface area (Å²) in [6.07, 6.45) is 3.86. The Kier molecular flexibility index (Phi) is 3.78. The number of aliphatic hydroxyl groups is 1. The molecule has 1 aromatic rings. The zero-order valence-corrected chi connectivity index (χ0v) is 13.5. The number of rotatable bonds is 4. The van der Waals surface area contributed by atoms with Crippen LogP contribution in [0.25, 0.3) is 0 Å². The fourth-order valence-corrected chi connectivity index (χ4v) is 2.64. The molecular weight excluding hydrogens is 282 g/mol. The first-order valence-electron chi connectivity index (χ1n) is 7.74. The quantitative estimate of drug-likeness (QED) is 0.783. The third-order valence-corrected chi connectivity index (χ3v) is 4.48. The van der Waals surface area contributed by atoms with E-state index in [0.717, 1.165) is 17.1 Å². The second-order valence-electron chi connectivity index (χ2n) is 6.33. The Morgan fingerprint density at radius 1 is 1.36 bits per heavy atom. The Bertz CT molecular complexity index is 610. The van der Waals surface area contributed by atoms with Crippen LogP contribution in [0.15, 0.2) is 4.99 Å². The minimum absolute atomic E-state index is 0.340. The van der Waals surface area contributed by atoms with Crippen molar-refractivity contribution < 1.29 is 9.94 Å². The number of amidine groups is 1. The van der Waals surface area contributed by atoms with Gasteiger partial charge in [-0.05, 0) is 39.5 Å². The van der Waals surface area contributed by atoms with Gasteiger partial charge in [-0.1, -0.05) is 6.42 Å². The molecule has 3 rings (SSSR count). The third kappa shape index (κ3) is 2.91. The Hall–Kier alpha value is -1.73. The summed E-state index contributed by atoms with van der Waals surface area (Å²) in [5.41, 5.74) is 4.49. The second-order valence-corrected chi connectivity index (χ2v) is 6.33. The van der Waals surface area contributed by atoms with E-state index in [9.17, 15) is 5.11 Å². The van der Waals surface area contributed by atoms with Gasteiger partial charge in [-0.2, -0.15) is 0 Å². The Labute approximate surface area is 130 Å². The maximum Gasteiger partial charge on any atom is 0.288 e. The minimum Gasteiger partial charge on any atom is -0.367 e. The van der Waals surface area contributed by atoms with Crippen molar-refractivity contribution in [3.05, 3.63) is 17.1 Å². The molecule has 0 spiro atoms. The predicted octanol–water partition coefficient (Wildman–Crippen LogP) is 1.64. The molecule has 0 bridgehead atoms. The summed E-state index contributed by atoms with van der Waals surface area (Å²) < 4.78 is 0. The summed E-state index contributed by atoms with van der Waals surface area (Å²) in [4.78, 5) is 18.0. The van der Waals surface area contributed by atoms with Crippen molar-refractivity contribution >= 4 is 11.7 Å². The largest absolute Gasteiger partial charge is 0.367 e. The van der Waals surface area contributed by atoms with Gasteiger partial charge in [0, 0.05) is 24.2 Å². The monoisotopic (exact) mass is 305 g/mol. The predicted molar refractivity (Wildman–Crippen MR) is 83.3 cm³/mol. The SMILES string of the molecule is Cc1nc(C2=NC(C)(O)ON2)nc(NC(C)C2CCC2)c1C. The van der Waals surface area contributed by atoms with Crippen LogP contribution in [0.2, 0.25) is 0 Å². The van der Waals surface area contributed by atoms with Gasteiger partial charge in [0.1, 0.15) is 5.82 Å². The van der Waals surface area contributed by atoms with E-state index in [1.807, 2.05) is 13.8 Å². The van der Waals surface area contributed by atoms with E-state index in [0.29, 0.717) is 23.6 Å². The van der Waals surface area contributed by atoms with Gasteiger partial charge in [0.2, 0.25) is 0 Å². The summed E-state index contributed by atoms with van der Waals surface area (Å²) >= 11 is 0. The van der Waals surface area contributed by atoms with Crippen molar-refractivity contribution in [1.29, 1.82) is 0 Å². The lowest BCUT2D eigenvalue weighted by Gasteiger charge is -2.32. The van der Waals surface area contributed by atoms with E-state index in [4.69, 9.17) is 4.84 Å². The van der Waals surface area contributed by atoms with E-state index in [1.54, 1.807) is 0 Å². The van der Waals surface area contributed by atoms with Gasteiger partial charge in [-0.25, -0.2) is 25.3 Å². The smallest absolute Gasteiger partial charge is 0.288 e. The van der Waals surface area contributed by atoms with Crippen LogP contribution in [0.3, 0.4) is 0 Å².